The summed E-state index contributed by atoms with van der Waals surface area (Å²) in [6, 6.07) is 18.2. The van der Waals surface area contributed by atoms with Crippen LogP contribution in [0.1, 0.15) is 22.3 Å². The van der Waals surface area contributed by atoms with E-state index in [1.165, 1.54) is 12.1 Å². The molecule has 10 heteroatoms. The van der Waals surface area contributed by atoms with Crippen molar-refractivity contribution in [2.24, 2.45) is 0 Å². The van der Waals surface area contributed by atoms with Crippen LogP contribution in [0.4, 0.5) is 18.9 Å². The largest absolute Gasteiger partial charge is 0.493 e. The molecule has 4 aromatic rings. The number of aromatic amines is 1. The number of thiocarbonyl (C=S) groups is 1. The summed E-state index contributed by atoms with van der Waals surface area (Å²) in [5, 5.41) is 6.62. The van der Waals surface area contributed by atoms with E-state index in [4.69, 9.17) is 21.7 Å². The maximum atomic E-state index is 13.6. The highest BCUT2D eigenvalue weighted by molar-refractivity contribution is 7.80. The maximum absolute atomic E-state index is 13.6. The Hall–Kier alpha value is -4.05. The quantitative estimate of drug-likeness (QED) is 0.270. The summed E-state index contributed by atoms with van der Waals surface area (Å²) in [7, 11) is 3.13. The molecule has 192 valence electrons. The van der Waals surface area contributed by atoms with Crippen LogP contribution >= 0.6 is 12.2 Å². The zero-order valence-corrected chi connectivity index (χ0v) is 20.8. The van der Waals surface area contributed by atoms with E-state index in [-0.39, 0.29) is 10.9 Å². The topological polar surface area (TPSA) is 75.4 Å². The normalized spacial score (nSPS) is 11.3. The first kappa shape index (κ1) is 26.0. The highest BCUT2D eigenvalue weighted by Crippen LogP contribution is 2.34. The second-order valence-corrected chi connectivity index (χ2v) is 8.63. The smallest absolute Gasteiger partial charge is 0.417 e. The lowest BCUT2D eigenvalue weighted by molar-refractivity contribution is -0.136. The Morgan fingerprint density at radius 3 is 2.46 bits per heavy atom. The van der Waals surface area contributed by atoms with E-state index < -0.39 is 17.3 Å². The number of ether oxygens (including phenoxy) is 2. The number of benzene rings is 3. The van der Waals surface area contributed by atoms with Gasteiger partial charge in [-0.25, -0.2) is 0 Å². The van der Waals surface area contributed by atoms with Gasteiger partial charge in [-0.1, -0.05) is 36.4 Å². The van der Waals surface area contributed by atoms with Crippen molar-refractivity contribution in [3.8, 4) is 11.5 Å². The van der Waals surface area contributed by atoms with E-state index in [0.717, 1.165) is 16.8 Å². The van der Waals surface area contributed by atoms with Crippen molar-refractivity contribution >= 4 is 33.9 Å². The van der Waals surface area contributed by atoms with Crippen molar-refractivity contribution < 1.29 is 22.6 Å². The first-order valence-corrected chi connectivity index (χ1v) is 11.7. The molecule has 0 aliphatic carbocycles. The number of rotatable bonds is 7. The van der Waals surface area contributed by atoms with Gasteiger partial charge in [0.1, 0.15) is 0 Å². The van der Waals surface area contributed by atoms with E-state index in [9.17, 15) is 18.0 Å². The van der Waals surface area contributed by atoms with E-state index in [1.54, 1.807) is 26.4 Å². The SMILES string of the molecule is COc1cccc(CNC(=S)Nc2ccccc2Cc2ccc3[nH]c(=O)cc(C(F)(F)F)c3c2)c1OC. The molecule has 0 unspecified atom stereocenters. The Kier molecular flexibility index (Phi) is 7.68. The molecule has 4 rings (SSSR count). The average Bonchev–Trinajstić information content (AvgIpc) is 2.87. The highest BCUT2D eigenvalue weighted by atomic mass is 32.1. The number of H-pyrrole nitrogens is 1. The molecule has 0 amide bonds. The van der Waals surface area contributed by atoms with Crippen LogP contribution < -0.4 is 25.7 Å². The van der Waals surface area contributed by atoms with Gasteiger partial charge >= 0.3 is 6.18 Å². The summed E-state index contributed by atoms with van der Waals surface area (Å²) in [5.74, 6) is 1.22. The molecule has 0 atom stereocenters. The van der Waals surface area contributed by atoms with E-state index in [0.29, 0.717) is 41.2 Å². The first-order valence-electron chi connectivity index (χ1n) is 11.3. The van der Waals surface area contributed by atoms with Gasteiger partial charge in [0.05, 0.1) is 19.8 Å². The predicted octanol–water partition coefficient (Wildman–Crippen LogP) is 5.64. The second kappa shape index (κ2) is 10.9. The van der Waals surface area contributed by atoms with Crippen LogP contribution in [0.3, 0.4) is 0 Å². The van der Waals surface area contributed by atoms with Gasteiger partial charge < -0.3 is 25.1 Å². The molecule has 3 aromatic carbocycles. The molecule has 1 aromatic heterocycles. The highest BCUT2D eigenvalue weighted by Gasteiger charge is 2.33. The number of pyridine rings is 1. The fourth-order valence-corrected chi connectivity index (χ4v) is 4.28. The number of halogens is 3. The molecule has 0 radical (unpaired) electrons. The zero-order chi connectivity index (χ0) is 26.6. The average molecular weight is 528 g/mol. The Bertz CT molecular complexity index is 1500. The lowest BCUT2D eigenvalue weighted by Gasteiger charge is -2.17. The van der Waals surface area contributed by atoms with Crippen molar-refractivity contribution in [1.82, 2.24) is 10.3 Å². The number of alkyl halides is 3. The number of para-hydroxylation sites is 2. The molecule has 1 heterocycles. The lowest BCUT2D eigenvalue weighted by Crippen LogP contribution is -2.28. The van der Waals surface area contributed by atoms with Gasteiger partial charge in [0.2, 0.25) is 5.56 Å². The summed E-state index contributed by atoms with van der Waals surface area (Å²) in [6.45, 7) is 0.386. The van der Waals surface area contributed by atoms with Gasteiger partial charge in [-0.2, -0.15) is 13.2 Å². The molecule has 6 nitrogen and oxygen atoms in total. The number of methoxy groups -OCH3 is 2. The van der Waals surface area contributed by atoms with Crippen LogP contribution in [0, 0.1) is 0 Å². The van der Waals surface area contributed by atoms with Gasteiger partial charge in [0.25, 0.3) is 0 Å². The van der Waals surface area contributed by atoms with Crippen LogP contribution in [0.25, 0.3) is 10.9 Å². The van der Waals surface area contributed by atoms with Crippen molar-refractivity contribution in [1.29, 1.82) is 0 Å². The molecule has 0 spiro atoms. The van der Waals surface area contributed by atoms with Gasteiger partial charge in [-0.05, 0) is 54.0 Å². The fourth-order valence-electron chi connectivity index (χ4n) is 4.10. The maximum Gasteiger partial charge on any atom is 0.417 e. The molecular weight excluding hydrogens is 503 g/mol. The third-order valence-corrected chi connectivity index (χ3v) is 6.04. The first-order chi connectivity index (χ1) is 17.7. The number of aromatic nitrogens is 1. The predicted molar refractivity (Wildman–Crippen MR) is 141 cm³/mol. The van der Waals surface area contributed by atoms with Crippen molar-refractivity contribution in [2.45, 2.75) is 19.1 Å². The molecule has 0 aliphatic rings. The van der Waals surface area contributed by atoms with Crippen molar-refractivity contribution in [3.05, 3.63) is 99.3 Å². The summed E-state index contributed by atoms with van der Waals surface area (Å²) >= 11 is 5.48. The monoisotopic (exact) mass is 527 g/mol. The lowest BCUT2D eigenvalue weighted by atomic mass is 9.99. The summed E-state index contributed by atoms with van der Waals surface area (Å²) in [5.41, 5.74) is 1.44. The van der Waals surface area contributed by atoms with Crippen LogP contribution in [-0.2, 0) is 19.1 Å². The zero-order valence-electron chi connectivity index (χ0n) is 20.0. The van der Waals surface area contributed by atoms with Crippen LogP contribution in [0.2, 0.25) is 0 Å². The Morgan fingerprint density at radius 2 is 1.73 bits per heavy atom. The Morgan fingerprint density at radius 1 is 0.973 bits per heavy atom. The van der Waals surface area contributed by atoms with Crippen LogP contribution in [-0.4, -0.2) is 24.3 Å². The van der Waals surface area contributed by atoms with E-state index >= 15 is 0 Å². The van der Waals surface area contributed by atoms with Gasteiger partial charge in [-0.3, -0.25) is 4.79 Å². The molecule has 3 N–H and O–H groups in total. The molecule has 0 saturated carbocycles. The third kappa shape index (κ3) is 6.03. The molecule has 0 fully saturated rings. The standard InChI is InChI=1S/C27H24F3N3O3S/c1-35-23-9-5-7-18(25(23)36-2)15-31-26(37)33-21-8-4-3-6-17(21)12-16-10-11-22-19(13-16)20(27(28,29)30)14-24(34)32-22/h3-11,13-14H,12,15H2,1-2H3,(H,32,34)(H2,31,33,37). The van der Waals surface area contributed by atoms with Crippen LogP contribution in [0.15, 0.2) is 71.5 Å². The van der Waals surface area contributed by atoms with E-state index in [2.05, 4.69) is 15.6 Å². The number of hydrogen-bond acceptors (Lipinski definition) is 4. The minimum absolute atomic E-state index is 0.0561. The Labute approximate surface area is 216 Å². The van der Waals surface area contributed by atoms with Gasteiger partial charge in [0.15, 0.2) is 16.6 Å². The molecule has 37 heavy (non-hydrogen) atoms. The molecule has 0 saturated heterocycles. The van der Waals surface area contributed by atoms with Crippen molar-refractivity contribution in [3.63, 3.8) is 0 Å². The second-order valence-electron chi connectivity index (χ2n) is 8.22. The Balaban J connectivity index is 1.53. The summed E-state index contributed by atoms with van der Waals surface area (Å²) in [4.78, 5) is 14.2. The number of fused-ring (bicyclic) bond motifs is 1. The molecule has 0 aliphatic heterocycles. The number of hydrogen-bond donors (Lipinski definition) is 3. The number of anilines is 1. The summed E-state index contributed by atoms with van der Waals surface area (Å²) < 4.78 is 51.4. The van der Waals surface area contributed by atoms with E-state index in [1.807, 2.05) is 36.4 Å². The number of nitrogens with one attached hydrogen (secondary N) is 3. The minimum Gasteiger partial charge on any atom is -0.493 e. The molecule has 0 bridgehead atoms. The van der Waals surface area contributed by atoms with Crippen LogP contribution in [0.5, 0.6) is 11.5 Å². The van der Waals surface area contributed by atoms with Crippen molar-refractivity contribution in [2.75, 3.05) is 19.5 Å². The summed E-state index contributed by atoms with van der Waals surface area (Å²) in [6.07, 6.45) is -4.30. The molecular formula is C27H24F3N3O3S. The fraction of sp³-hybridized carbons (Fsp3) is 0.185. The third-order valence-electron chi connectivity index (χ3n) is 5.80. The minimum atomic E-state index is -4.64. The van der Waals surface area contributed by atoms with Gasteiger partial charge in [-0.15, -0.1) is 0 Å². The van der Waals surface area contributed by atoms with Gasteiger partial charge in [0, 0.05) is 34.8 Å².